The maximum absolute atomic E-state index is 13.0. The van der Waals surface area contributed by atoms with Gasteiger partial charge in [-0.05, 0) is 43.4 Å². The number of hydrogen-bond acceptors (Lipinski definition) is 6. The summed E-state index contributed by atoms with van der Waals surface area (Å²) in [4.78, 5) is 34.2. The van der Waals surface area contributed by atoms with Crippen LogP contribution in [0.5, 0.6) is 0 Å². The first-order valence-corrected chi connectivity index (χ1v) is 12.2. The number of nitrogens with zero attached hydrogens (tertiary/aromatic N) is 3. The van der Waals surface area contributed by atoms with Crippen LogP contribution in [0.15, 0.2) is 29.2 Å². The Labute approximate surface area is 198 Å². The van der Waals surface area contributed by atoms with Crippen molar-refractivity contribution in [1.29, 1.82) is 0 Å². The number of nitrogens with two attached hydrogens (primary N) is 1. The van der Waals surface area contributed by atoms with Gasteiger partial charge in [0.1, 0.15) is 10.1 Å². The molecule has 2 aliphatic rings. The molecule has 0 atom stereocenters. The van der Waals surface area contributed by atoms with Crippen LogP contribution in [-0.2, 0) is 9.59 Å². The number of para-hydroxylation sites is 1. The maximum atomic E-state index is 13.0. The Balaban J connectivity index is 1.74. The van der Waals surface area contributed by atoms with Crippen LogP contribution >= 0.6 is 24.0 Å². The molecule has 2 N–H and O–H groups in total. The van der Waals surface area contributed by atoms with Crippen molar-refractivity contribution in [2.45, 2.75) is 33.6 Å². The zero-order valence-electron chi connectivity index (χ0n) is 18.6. The minimum Gasteiger partial charge on any atom is -0.369 e. The molecule has 168 valence electrons. The average Bonchev–Trinajstić information content (AvgIpc) is 3.00. The molecule has 2 fully saturated rings. The number of carbonyl (C=O) groups is 2. The highest BCUT2D eigenvalue weighted by atomic mass is 32.2. The van der Waals surface area contributed by atoms with Gasteiger partial charge in [-0.25, -0.2) is 4.98 Å². The van der Waals surface area contributed by atoms with Crippen LogP contribution in [0.3, 0.4) is 0 Å². The third-order valence-electron chi connectivity index (χ3n) is 5.96. The number of carbonyl (C=O) groups excluding carboxylic acids is 2. The molecular weight excluding hydrogens is 440 g/mol. The number of aryl methyl sites for hydroxylation is 1. The number of thioether (sulfide) groups is 1. The topological polar surface area (TPSA) is 79.5 Å². The number of thiocarbonyl (C=S) groups is 1. The lowest BCUT2D eigenvalue weighted by molar-refractivity contribution is -0.123. The van der Waals surface area contributed by atoms with Crippen LogP contribution in [0.4, 0.5) is 5.82 Å². The summed E-state index contributed by atoms with van der Waals surface area (Å²) in [5.41, 5.74) is 8.47. The summed E-state index contributed by atoms with van der Waals surface area (Å²) < 4.78 is 0.600. The monoisotopic (exact) mass is 468 g/mol. The average molecular weight is 469 g/mol. The summed E-state index contributed by atoms with van der Waals surface area (Å²) in [6.07, 6.45) is 3.33. The van der Waals surface area contributed by atoms with Gasteiger partial charge in [0.15, 0.2) is 0 Å². The summed E-state index contributed by atoms with van der Waals surface area (Å²) in [6.45, 7) is 8.22. The predicted octanol–water partition coefficient (Wildman–Crippen LogP) is 4.10. The molecule has 0 bridgehead atoms. The summed E-state index contributed by atoms with van der Waals surface area (Å²) in [5, 5.41) is 1.03. The highest BCUT2D eigenvalue weighted by molar-refractivity contribution is 8.26. The van der Waals surface area contributed by atoms with E-state index in [2.05, 4.69) is 37.8 Å². The van der Waals surface area contributed by atoms with Gasteiger partial charge in [0.05, 0.1) is 10.4 Å². The Morgan fingerprint density at radius 2 is 2.06 bits per heavy atom. The highest BCUT2D eigenvalue weighted by Gasteiger charge is 2.33. The number of amides is 2. The number of aromatic nitrogens is 1. The van der Waals surface area contributed by atoms with Gasteiger partial charge in [0.25, 0.3) is 5.91 Å². The lowest BCUT2D eigenvalue weighted by Gasteiger charge is -2.32. The molecule has 0 unspecified atom stereocenters. The van der Waals surface area contributed by atoms with E-state index in [1.165, 1.54) is 11.8 Å². The number of piperidine rings is 1. The molecule has 1 aromatic heterocycles. The van der Waals surface area contributed by atoms with Crippen molar-refractivity contribution < 1.29 is 9.59 Å². The van der Waals surface area contributed by atoms with Crippen LogP contribution in [0.25, 0.3) is 17.0 Å². The van der Waals surface area contributed by atoms with Crippen LogP contribution < -0.4 is 10.6 Å². The fourth-order valence-electron chi connectivity index (χ4n) is 4.25. The second-order valence-electron chi connectivity index (χ2n) is 8.90. The summed E-state index contributed by atoms with van der Waals surface area (Å²) >= 11 is 6.82. The molecule has 32 heavy (non-hydrogen) atoms. The summed E-state index contributed by atoms with van der Waals surface area (Å²) in [5.74, 6) is 0.801. The molecule has 0 aliphatic carbocycles. The molecule has 2 aromatic rings. The zero-order chi connectivity index (χ0) is 23.0. The molecule has 2 saturated heterocycles. The largest absolute Gasteiger partial charge is 0.369 e. The molecule has 2 aliphatic heterocycles. The normalized spacial score (nSPS) is 19.1. The summed E-state index contributed by atoms with van der Waals surface area (Å²) in [6, 6.07) is 8.21. The van der Waals surface area contributed by atoms with Crippen LogP contribution in [0, 0.1) is 18.8 Å². The minimum atomic E-state index is -0.235. The molecule has 0 radical (unpaired) electrons. The number of rotatable bonds is 5. The SMILES string of the molecule is Cc1cccc2cc(/C=C3\SC(=S)N(CC(C)C)C3=O)c(N3CCC(C(N)=O)CC3)nc12. The molecule has 0 saturated carbocycles. The predicted molar refractivity (Wildman–Crippen MR) is 135 cm³/mol. The molecule has 6 nitrogen and oxygen atoms in total. The number of benzene rings is 1. The molecule has 4 rings (SSSR count). The van der Waals surface area contributed by atoms with E-state index in [9.17, 15) is 9.59 Å². The molecule has 0 spiro atoms. The number of anilines is 1. The van der Waals surface area contributed by atoms with E-state index in [0.29, 0.717) is 47.6 Å². The van der Waals surface area contributed by atoms with E-state index in [1.54, 1.807) is 4.90 Å². The standard InChI is InChI=1S/C24H28N4O2S2/c1-14(2)13-28-23(30)19(32-24(28)31)12-18-11-17-6-4-5-15(3)20(17)26-22(18)27-9-7-16(8-10-27)21(25)29/h4-6,11-12,14,16H,7-10,13H2,1-3H3,(H2,25,29)/b19-12-. The number of pyridine rings is 1. The van der Waals surface area contributed by atoms with E-state index in [-0.39, 0.29) is 17.7 Å². The Bertz CT molecular complexity index is 1120. The van der Waals surface area contributed by atoms with Gasteiger partial charge < -0.3 is 10.6 Å². The third-order valence-corrected chi connectivity index (χ3v) is 7.34. The van der Waals surface area contributed by atoms with Gasteiger partial charge in [-0.1, -0.05) is 56.0 Å². The van der Waals surface area contributed by atoms with Crippen molar-refractivity contribution in [1.82, 2.24) is 9.88 Å². The Kier molecular flexibility index (Phi) is 6.53. The zero-order valence-corrected chi connectivity index (χ0v) is 20.3. The second-order valence-corrected chi connectivity index (χ2v) is 10.6. The van der Waals surface area contributed by atoms with E-state index in [4.69, 9.17) is 22.9 Å². The van der Waals surface area contributed by atoms with Gasteiger partial charge >= 0.3 is 0 Å². The molecule has 3 heterocycles. The highest BCUT2D eigenvalue weighted by Crippen LogP contribution is 2.36. The minimum absolute atomic E-state index is 0.0450. The fraction of sp³-hybridized carbons (Fsp3) is 0.417. The van der Waals surface area contributed by atoms with Crippen molar-refractivity contribution in [3.63, 3.8) is 0 Å². The molecule has 1 aromatic carbocycles. The first-order valence-electron chi connectivity index (χ1n) is 10.9. The van der Waals surface area contributed by atoms with E-state index in [0.717, 1.165) is 27.8 Å². The maximum Gasteiger partial charge on any atom is 0.266 e. The number of fused-ring (bicyclic) bond motifs is 1. The first kappa shape index (κ1) is 22.7. The third kappa shape index (κ3) is 4.52. The molecule has 8 heteroatoms. The van der Waals surface area contributed by atoms with Gasteiger partial charge in [-0.3, -0.25) is 14.5 Å². The van der Waals surface area contributed by atoms with Crippen molar-refractivity contribution in [2.24, 2.45) is 17.6 Å². The van der Waals surface area contributed by atoms with Gasteiger partial charge in [0, 0.05) is 36.5 Å². The number of hydrogen-bond donors (Lipinski definition) is 1. The lowest BCUT2D eigenvalue weighted by atomic mass is 9.96. The quantitative estimate of drug-likeness (QED) is 0.526. The van der Waals surface area contributed by atoms with Gasteiger partial charge in [0.2, 0.25) is 5.91 Å². The molecule has 2 amide bonds. The lowest BCUT2D eigenvalue weighted by Crippen LogP contribution is -2.39. The number of primary amides is 1. The molecular formula is C24H28N4O2S2. The van der Waals surface area contributed by atoms with Crippen LogP contribution in [0.2, 0.25) is 0 Å². The van der Waals surface area contributed by atoms with Crippen molar-refractivity contribution >= 4 is 62.9 Å². The summed E-state index contributed by atoms with van der Waals surface area (Å²) in [7, 11) is 0. The van der Waals surface area contributed by atoms with E-state index >= 15 is 0 Å². The Hall–Kier alpha value is -2.45. The Morgan fingerprint density at radius 1 is 1.34 bits per heavy atom. The van der Waals surface area contributed by atoms with Crippen molar-refractivity contribution in [3.05, 3.63) is 40.3 Å². The van der Waals surface area contributed by atoms with E-state index < -0.39 is 0 Å². The van der Waals surface area contributed by atoms with Crippen molar-refractivity contribution in [3.8, 4) is 0 Å². The smallest absolute Gasteiger partial charge is 0.266 e. The van der Waals surface area contributed by atoms with Crippen LogP contribution in [-0.4, -0.2) is 45.7 Å². The first-order chi connectivity index (χ1) is 15.2. The van der Waals surface area contributed by atoms with E-state index in [1.807, 2.05) is 18.2 Å². The van der Waals surface area contributed by atoms with Crippen LogP contribution in [0.1, 0.15) is 37.8 Å². The van der Waals surface area contributed by atoms with Gasteiger partial charge in [-0.15, -0.1) is 0 Å². The second kappa shape index (κ2) is 9.19. The Morgan fingerprint density at radius 3 is 2.72 bits per heavy atom. The van der Waals surface area contributed by atoms with Gasteiger partial charge in [-0.2, -0.15) is 0 Å². The van der Waals surface area contributed by atoms with Crippen molar-refractivity contribution in [2.75, 3.05) is 24.5 Å². The fourth-order valence-corrected chi connectivity index (χ4v) is 5.52.